The maximum atomic E-state index is 7.10. The number of hydrogen-bond donors (Lipinski definition) is 2. The van der Waals surface area contributed by atoms with E-state index in [1.165, 1.54) is 32.1 Å². The lowest BCUT2D eigenvalue weighted by Crippen LogP contribution is -2.23. The minimum absolute atomic E-state index is 0.272. The highest BCUT2D eigenvalue weighted by atomic mass is 16.5. The van der Waals surface area contributed by atoms with Crippen molar-refractivity contribution in [1.82, 2.24) is 0 Å². The molecule has 3 nitrogen and oxygen atoms in total. The summed E-state index contributed by atoms with van der Waals surface area (Å²) in [5.74, 6) is 1.14. The second kappa shape index (κ2) is 6.83. The van der Waals surface area contributed by atoms with Gasteiger partial charge < -0.3 is 10.5 Å². The number of ether oxygens (including phenoxy) is 1. The zero-order valence-electron chi connectivity index (χ0n) is 9.80. The first-order valence-electron chi connectivity index (χ1n) is 6.16. The van der Waals surface area contributed by atoms with E-state index in [-0.39, 0.29) is 5.84 Å². The number of nitrogens with two attached hydrogens (primary N) is 1. The van der Waals surface area contributed by atoms with E-state index in [4.69, 9.17) is 15.9 Å². The van der Waals surface area contributed by atoms with Crippen molar-refractivity contribution in [1.29, 1.82) is 5.41 Å². The lowest BCUT2D eigenvalue weighted by atomic mass is 9.85. The van der Waals surface area contributed by atoms with Gasteiger partial charge in [-0.2, -0.15) is 0 Å². The van der Waals surface area contributed by atoms with Gasteiger partial charge in [0.1, 0.15) is 0 Å². The monoisotopic (exact) mass is 212 g/mol. The Balaban J connectivity index is 2.07. The Morgan fingerprint density at radius 2 is 2.27 bits per heavy atom. The molecule has 0 aromatic heterocycles. The second-order valence-electron chi connectivity index (χ2n) is 4.56. The van der Waals surface area contributed by atoms with Crippen LogP contribution in [0.5, 0.6) is 0 Å². The van der Waals surface area contributed by atoms with Crippen LogP contribution >= 0.6 is 0 Å². The summed E-state index contributed by atoms with van der Waals surface area (Å²) in [5, 5.41) is 7.10. The third-order valence-corrected chi connectivity index (χ3v) is 3.26. The summed E-state index contributed by atoms with van der Waals surface area (Å²) in [4.78, 5) is 0. The quantitative estimate of drug-likeness (QED) is 0.404. The molecule has 3 heteroatoms. The highest BCUT2D eigenvalue weighted by Crippen LogP contribution is 2.28. The fourth-order valence-electron chi connectivity index (χ4n) is 2.28. The van der Waals surface area contributed by atoms with Crippen molar-refractivity contribution < 1.29 is 4.74 Å². The molecule has 1 saturated carbocycles. The van der Waals surface area contributed by atoms with Gasteiger partial charge in [0.25, 0.3) is 0 Å². The predicted molar refractivity (Wildman–Crippen MR) is 63.1 cm³/mol. The molecule has 3 N–H and O–H groups in total. The molecular formula is C12H24N2O. The van der Waals surface area contributed by atoms with Crippen LogP contribution < -0.4 is 5.73 Å². The molecule has 0 radical (unpaired) electrons. The predicted octanol–water partition coefficient (Wildman–Crippen LogP) is 2.69. The molecule has 0 spiro atoms. The van der Waals surface area contributed by atoms with E-state index in [1.807, 2.05) is 0 Å². The van der Waals surface area contributed by atoms with Gasteiger partial charge in [-0.3, -0.25) is 5.41 Å². The standard InChI is InChI=1S/C12H24N2O/c1-2-10-5-3-6-11(9-10)15-8-4-7-12(13)14/h10-11H,2-9H2,1H3,(H3,13,14). The van der Waals surface area contributed by atoms with Crippen molar-refractivity contribution in [3.05, 3.63) is 0 Å². The molecular weight excluding hydrogens is 188 g/mol. The van der Waals surface area contributed by atoms with Gasteiger partial charge in [-0.15, -0.1) is 0 Å². The second-order valence-corrected chi connectivity index (χ2v) is 4.56. The Hall–Kier alpha value is -0.570. The van der Waals surface area contributed by atoms with Crippen LogP contribution in [0.3, 0.4) is 0 Å². The molecule has 0 heterocycles. The van der Waals surface area contributed by atoms with Gasteiger partial charge in [-0.05, 0) is 25.2 Å². The fourth-order valence-corrected chi connectivity index (χ4v) is 2.28. The van der Waals surface area contributed by atoms with Crippen LogP contribution in [-0.4, -0.2) is 18.5 Å². The number of amidine groups is 1. The lowest BCUT2D eigenvalue weighted by molar-refractivity contribution is 0.0120. The largest absolute Gasteiger partial charge is 0.388 e. The van der Waals surface area contributed by atoms with Crippen LogP contribution in [0.1, 0.15) is 51.9 Å². The Morgan fingerprint density at radius 1 is 1.47 bits per heavy atom. The first-order valence-corrected chi connectivity index (χ1v) is 6.16. The van der Waals surface area contributed by atoms with Gasteiger partial charge in [0.15, 0.2) is 0 Å². The van der Waals surface area contributed by atoms with E-state index >= 15 is 0 Å². The average molecular weight is 212 g/mol. The molecule has 0 aliphatic heterocycles. The van der Waals surface area contributed by atoms with E-state index in [0.717, 1.165) is 18.9 Å². The molecule has 1 aliphatic rings. The summed E-state index contributed by atoms with van der Waals surface area (Å²) in [6.45, 7) is 3.03. The fraction of sp³-hybridized carbons (Fsp3) is 0.917. The van der Waals surface area contributed by atoms with Crippen molar-refractivity contribution in [3.8, 4) is 0 Å². The van der Waals surface area contributed by atoms with Crippen molar-refractivity contribution in [2.75, 3.05) is 6.61 Å². The van der Waals surface area contributed by atoms with Crippen molar-refractivity contribution in [2.24, 2.45) is 11.7 Å². The van der Waals surface area contributed by atoms with Crippen LogP contribution in [0.2, 0.25) is 0 Å². The molecule has 88 valence electrons. The first kappa shape index (κ1) is 12.5. The SMILES string of the molecule is CCC1CCCC(OCCCC(=N)N)C1. The zero-order chi connectivity index (χ0) is 11.1. The maximum absolute atomic E-state index is 7.10. The smallest absolute Gasteiger partial charge is 0.0906 e. The molecule has 0 amide bonds. The van der Waals surface area contributed by atoms with Crippen molar-refractivity contribution >= 4 is 5.84 Å². The van der Waals surface area contributed by atoms with Crippen LogP contribution in [0, 0.1) is 11.3 Å². The van der Waals surface area contributed by atoms with Gasteiger partial charge in [-0.1, -0.05) is 26.2 Å². The molecule has 15 heavy (non-hydrogen) atoms. The van der Waals surface area contributed by atoms with Crippen LogP contribution in [0.4, 0.5) is 0 Å². The Labute approximate surface area is 92.9 Å². The van der Waals surface area contributed by atoms with Crippen molar-refractivity contribution in [3.63, 3.8) is 0 Å². The summed E-state index contributed by atoms with van der Waals surface area (Å²) in [7, 11) is 0. The van der Waals surface area contributed by atoms with Gasteiger partial charge in [0.05, 0.1) is 11.9 Å². The van der Waals surface area contributed by atoms with Crippen LogP contribution in [-0.2, 0) is 4.74 Å². The Bertz CT molecular complexity index is 194. The molecule has 0 saturated heterocycles. The minimum Gasteiger partial charge on any atom is -0.388 e. The molecule has 1 fully saturated rings. The van der Waals surface area contributed by atoms with Gasteiger partial charge in [0, 0.05) is 13.0 Å². The van der Waals surface area contributed by atoms with E-state index in [2.05, 4.69) is 6.92 Å². The molecule has 1 aliphatic carbocycles. The van der Waals surface area contributed by atoms with E-state index in [9.17, 15) is 0 Å². The first-order chi connectivity index (χ1) is 7.22. The third-order valence-electron chi connectivity index (χ3n) is 3.26. The Kier molecular flexibility index (Phi) is 5.69. The van der Waals surface area contributed by atoms with Crippen LogP contribution in [0.25, 0.3) is 0 Å². The number of nitrogens with one attached hydrogen (secondary N) is 1. The highest BCUT2D eigenvalue weighted by Gasteiger charge is 2.20. The summed E-state index contributed by atoms with van der Waals surface area (Å²) in [6, 6.07) is 0. The molecule has 0 aromatic carbocycles. The zero-order valence-corrected chi connectivity index (χ0v) is 9.80. The maximum Gasteiger partial charge on any atom is 0.0906 e. The minimum atomic E-state index is 0.272. The summed E-state index contributed by atoms with van der Waals surface area (Å²) in [6.07, 6.45) is 8.46. The summed E-state index contributed by atoms with van der Waals surface area (Å²) in [5.41, 5.74) is 5.28. The molecule has 0 aromatic rings. The summed E-state index contributed by atoms with van der Waals surface area (Å²) >= 11 is 0. The van der Waals surface area contributed by atoms with E-state index < -0.39 is 0 Å². The molecule has 2 atom stereocenters. The molecule has 2 unspecified atom stereocenters. The highest BCUT2D eigenvalue weighted by molar-refractivity contribution is 5.76. The number of hydrogen-bond acceptors (Lipinski definition) is 2. The molecule has 0 bridgehead atoms. The van der Waals surface area contributed by atoms with Crippen molar-refractivity contribution in [2.45, 2.75) is 58.0 Å². The van der Waals surface area contributed by atoms with E-state index in [1.54, 1.807) is 0 Å². The van der Waals surface area contributed by atoms with Gasteiger partial charge in [0.2, 0.25) is 0 Å². The molecule has 1 rings (SSSR count). The van der Waals surface area contributed by atoms with Gasteiger partial charge in [-0.25, -0.2) is 0 Å². The number of rotatable bonds is 6. The summed E-state index contributed by atoms with van der Waals surface area (Å²) < 4.78 is 5.81. The van der Waals surface area contributed by atoms with E-state index in [0.29, 0.717) is 12.5 Å². The Morgan fingerprint density at radius 3 is 2.93 bits per heavy atom. The topological polar surface area (TPSA) is 59.1 Å². The lowest BCUT2D eigenvalue weighted by Gasteiger charge is -2.28. The average Bonchev–Trinajstić information content (AvgIpc) is 2.24. The normalized spacial score (nSPS) is 26.5. The van der Waals surface area contributed by atoms with Crippen LogP contribution in [0.15, 0.2) is 0 Å². The van der Waals surface area contributed by atoms with Gasteiger partial charge >= 0.3 is 0 Å². The third kappa shape index (κ3) is 5.17.